The third-order valence-electron chi connectivity index (χ3n) is 3.56. The molecule has 4 heteroatoms. The van der Waals surface area contributed by atoms with Crippen molar-refractivity contribution in [3.63, 3.8) is 0 Å². The van der Waals surface area contributed by atoms with E-state index in [0.29, 0.717) is 16.1 Å². The summed E-state index contributed by atoms with van der Waals surface area (Å²) in [7, 11) is 2.02. The normalized spacial score (nSPS) is 12.9. The van der Waals surface area contributed by atoms with Gasteiger partial charge in [-0.3, -0.25) is 0 Å². The van der Waals surface area contributed by atoms with Gasteiger partial charge in [-0.25, -0.2) is 0 Å². The van der Waals surface area contributed by atoms with Gasteiger partial charge in [-0.15, -0.1) is 0 Å². The Balaban J connectivity index is 2.53. The first-order valence-electron chi connectivity index (χ1n) is 6.94. The summed E-state index contributed by atoms with van der Waals surface area (Å²) in [6.45, 7) is 7.76. The zero-order chi connectivity index (χ0) is 14.3. The average molecular weight is 303 g/mol. The number of hydrogen-bond acceptors (Lipinski definition) is 2. The van der Waals surface area contributed by atoms with E-state index in [1.807, 2.05) is 19.2 Å². The Bertz CT molecular complexity index is 378. The predicted octanol–water partition coefficient (Wildman–Crippen LogP) is 3.86. The van der Waals surface area contributed by atoms with Crippen molar-refractivity contribution >= 4 is 23.2 Å². The lowest BCUT2D eigenvalue weighted by Crippen LogP contribution is -2.33. The van der Waals surface area contributed by atoms with Crippen LogP contribution in [-0.4, -0.2) is 37.6 Å². The average Bonchev–Trinajstić information content (AvgIpc) is 2.42. The molecule has 0 aliphatic carbocycles. The molecule has 1 atom stereocenters. The molecule has 0 saturated heterocycles. The number of likely N-dealkylation sites (N-methyl/N-ethyl adjacent to an activating group) is 1. The molecule has 108 valence electrons. The fourth-order valence-electron chi connectivity index (χ4n) is 2.18. The highest BCUT2D eigenvalue weighted by Crippen LogP contribution is 2.23. The molecule has 0 bridgehead atoms. The van der Waals surface area contributed by atoms with Crippen molar-refractivity contribution in [3.05, 3.63) is 33.8 Å². The Morgan fingerprint density at radius 2 is 1.84 bits per heavy atom. The lowest BCUT2D eigenvalue weighted by Gasteiger charge is -2.22. The topological polar surface area (TPSA) is 15.3 Å². The first-order chi connectivity index (χ1) is 9.10. The number of benzene rings is 1. The van der Waals surface area contributed by atoms with E-state index in [1.165, 1.54) is 5.56 Å². The molecule has 0 amide bonds. The van der Waals surface area contributed by atoms with E-state index < -0.39 is 0 Å². The van der Waals surface area contributed by atoms with Gasteiger partial charge in [-0.2, -0.15) is 0 Å². The van der Waals surface area contributed by atoms with E-state index in [0.717, 1.165) is 32.5 Å². The minimum Gasteiger partial charge on any atom is -0.317 e. The minimum absolute atomic E-state index is 0.470. The summed E-state index contributed by atoms with van der Waals surface area (Å²) in [6.07, 6.45) is 2.12. The van der Waals surface area contributed by atoms with Gasteiger partial charge in [-0.1, -0.05) is 43.1 Å². The molecule has 0 aliphatic heterocycles. The van der Waals surface area contributed by atoms with Crippen molar-refractivity contribution < 1.29 is 0 Å². The van der Waals surface area contributed by atoms with Crippen molar-refractivity contribution in [1.29, 1.82) is 0 Å². The Morgan fingerprint density at radius 3 is 2.37 bits per heavy atom. The number of halogens is 2. The molecule has 0 saturated carbocycles. The van der Waals surface area contributed by atoms with Crippen LogP contribution in [0.2, 0.25) is 10.0 Å². The van der Waals surface area contributed by atoms with Gasteiger partial charge >= 0.3 is 0 Å². The van der Waals surface area contributed by atoms with E-state index in [4.69, 9.17) is 23.2 Å². The monoisotopic (exact) mass is 302 g/mol. The molecular weight excluding hydrogens is 279 g/mol. The first kappa shape index (κ1) is 16.8. The van der Waals surface area contributed by atoms with Crippen LogP contribution in [0.3, 0.4) is 0 Å². The summed E-state index contributed by atoms with van der Waals surface area (Å²) < 4.78 is 0. The van der Waals surface area contributed by atoms with Gasteiger partial charge in [0.25, 0.3) is 0 Å². The Hall–Kier alpha value is -0.280. The smallest absolute Gasteiger partial charge is 0.0595 e. The van der Waals surface area contributed by atoms with Gasteiger partial charge in [0.1, 0.15) is 0 Å². The maximum Gasteiger partial charge on any atom is 0.0595 e. The van der Waals surface area contributed by atoms with Crippen LogP contribution in [-0.2, 0) is 6.42 Å². The van der Waals surface area contributed by atoms with Gasteiger partial charge in [0.05, 0.1) is 10.0 Å². The third kappa shape index (κ3) is 5.70. The van der Waals surface area contributed by atoms with E-state index in [1.54, 1.807) is 0 Å². The second-order valence-corrected chi connectivity index (χ2v) is 5.57. The molecule has 0 aliphatic rings. The highest BCUT2D eigenvalue weighted by Gasteiger charge is 2.10. The minimum atomic E-state index is 0.470. The summed E-state index contributed by atoms with van der Waals surface area (Å²) in [5, 5.41) is 4.64. The van der Waals surface area contributed by atoms with E-state index in [-0.39, 0.29) is 0 Å². The molecule has 1 aromatic carbocycles. The molecule has 0 spiro atoms. The van der Waals surface area contributed by atoms with Crippen LogP contribution < -0.4 is 5.32 Å². The van der Waals surface area contributed by atoms with E-state index >= 15 is 0 Å². The van der Waals surface area contributed by atoms with Crippen LogP contribution in [0.1, 0.15) is 25.8 Å². The van der Waals surface area contributed by atoms with Gasteiger partial charge < -0.3 is 10.2 Å². The van der Waals surface area contributed by atoms with Gasteiger partial charge in [0.2, 0.25) is 0 Å². The lowest BCUT2D eigenvalue weighted by atomic mass is 10.0. The zero-order valence-electron chi connectivity index (χ0n) is 12.0. The number of nitrogens with one attached hydrogen (secondary N) is 1. The molecule has 0 heterocycles. The first-order valence-corrected chi connectivity index (χ1v) is 7.69. The number of nitrogens with zero attached hydrogens (tertiary/aromatic N) is 1. The largest absolute Gasteiger partial charge is 0.317 e. The fourth-order valence-corrected chi connectivity index (χ4v) is 2.50. The summed E-state index contributed by atoms with van der Waals surface area (Å²) in [6, 6.07) is 6.36. The van der Waals surface area contributed by atoms with E-state index in [2.05, 4.69) is 30.1 Å². The van der Waals surface area contributed by atoms with Crippen molar-refractivity contribution in [2.45, 2.75) is 32.7 Å². The molecule has 19 heavy (non-hydrogen) atoms. The van der Waals surface area contributed by atoms with Crippen molar-refractivity contribution in [2.24, 2.45) is 0 Å². The van der Waals surface area contributed by atoms with Crippen LogP contribution in [0.5, 0.6) is 0 Å². The quantitative estimate of drug-likeness (QED) is 0.784. The summed E-state index contributed by atoms with van der Waals surface area (Å²) in [5.41, 5.74) is 1.23. The van der Waals surface area contributed by atoms with Gasteiger partial charge in [-0.05, 0) is 57.2 Å². The Kier molecular flexibility index (Phi) is 7.77. The summed E-state index contributed by atoms with van der Waals surface area (Å²) in [4.78, 5) is 2.44. The van der Waals surface area contributed by atoms with Gasteiger partial charge in [0.15, 0.2) is 0 Å². The summed E-state index contributed by atoms with van der Waals surface area (Å²) >= 11 is 12.0. The summed E-state index contributed by atoms with van der Waals surface area (Å²) in [5.74, 6) is 0. The highest BCUT2D eigenvalue weighted by atomic mass is 35.5. The molecule has 2 nitrogen and oxygen atoms in total. The van der Waals surface area contributed by atoms with Crippen molar-refractivity contribution in [1.82, 2.24) is 10.2 Å². The molecule has 1 N–H and O–H groups in total. The maximum absolute atomic E-state index is 6.05. The van der Waals surface area contributed by atoms with Crippen molar-refractivity contribution in [3.8, 4) is 0 Å². The van der Waals surface area contributed by atoms with Crippen LogP contribution in [0.15, 0.2) is 18.2 Å². The SMILES string of the molecule is CCN(CC)CCC(Cc1ccc(Cl)c(Cl)c1)NC. The van der Waals surface area contributed by atoms with E-state index in [9.17, 15) is 0 Å². The molecule has 0 aromatic heterocycles. The maximum atomic E-state index is 6.05. The van der Waals surface area contributed by atoms with Gasteiger partial charge in [0, 0.05) is 6.04 Å². The standard InChI is InChI=1S/C15H24Cl2N2/c1-4-19(5-2)9-8-13(18-3)10-12-6-7-14(16)15(17)11-12/h6-7,11,13,18H,4-5,8-10H2,1-3H3. The zero-order valence-corrected chi connectivity index (χ0v) is 13.6. The Morgan fingerprint density at radius 1 is 1.16 bits per heavy atom. The fraction of sp³-hybridized carbons (Fsp3) is 0.600. The lowest BCUT2D eigenvalue weighted by molar-refractivity contribution is 0.283. The number of hydrogen-bond donors (Lipinski definition) is 1. The highest BCUT2D eigenvalue weighted by molar-refractivity contribution is 6.42. The van der Waals surface area contributed by atoms with Crippen LogP contribution in [0, 0.1) is 0 Å². The molecule has 1 unspecified atom stereocenters. The molecular formula is C15H24Cl2N2. The predicted molar refractivity (Wildman–Crippen MR) is 85.4 cm³/mol. The Labute approximate surface area is 127 Å². The molecule has 0 fully saturated rings. The molecule has 1 rings (SSSR count). The number of rotatable bonds is 8. The third-order valence-corrected chi connectivity index (χ3v) is 4.30. The van der Waals surface area contributed by atoms with Crippen molar-refractivity contribution in [2.75, 3.05) is 26.7 Å². The second kappa shape index (κ2) is 8.80. The van der Waals surface area contributed by atoms with Crippen LogP contribution >= 0.6 is 23.2 Å². The van der Waals surface area contributed by atoms with Crippen LogP contribution in [0.4, 0.5) is 0 Å². The molecule has 1 aromatic rings. The second-order valence-electron chi connectivity index (χ2n) is 4.75. The molecule has 0 radical (unpaired) electrons. The van der Waals surface area contributed by atoms with Crippen LogP contribution in [0.25, 0.3) is 0 Å².